The molecule has 1 rings (SSSR count). The van der Waals surface area contributed by atoms with Gasteiger partial charge in [0.15, 0.2) is 0 Å². The van der Waals surface area contributed by atoms with Crippen molar-refractivity contribution in [2.24, 2.45) is 11.1 Å². The molecule has 3 heteroatoms. The molecule has 0 radical (unpaired) electrons. The van der Waals surface area contributed by atoms with Crippen LogP contribution in [0.3, 0.4) is 0 Å². The molecule has 0 fully saturated rings. The number of hydrogen-bond donors (Lipinski definition) is 1. The maximum Gasteiger partial charge on any atom is 0.142 e. The molecule has 0 bridgehead atoms. The minimum absolute atomic E-state index is 0.0935. The molecule has 1 atom stereocenters. The van der Waals surface area contributed by atoms with E-state index < -0.39 is 0 Å². The molecule has 0 saturated heterocycles. The fourth-order valence-electron chi connectivity index (χ4n) is 2.34. The molecule has 0 spiro atoms. The van der Waals surface area contributed by atoms with E-state index in [-0.39, 0.29) is 16.3 Å². The Morgan fingerprint density at radius 3 is 2.56 bits per heavy atom. The third-order valence-corrected chi connectivity index (χ3v) is 4.11. The Bertz CT molecular complexity index is 375. The first kappa shape index (κ1) is 15.5. The van der Waals surface area contributed by atoms with Crippen LogP contribution in [0.25, 0.3) is 0 Å². The summed E-state index contributed by atoms with van der Waals surface area (Å²) in [6, 6.07) is 5.06. The van der Waals surface area contributed by atoms with Crippen molar-refractivity contribution in [1.29, 1.82) is 0 Å². The van der Waals surface area contributed by atoms with Gasteiger partial charge in [0, 0.05) is 0 Å². The van der Waals surface area contributed by atoms with Gasteiger partial charge in [-0.1, -0.05) is 44.4 Å². The highest BCUT2D eigenvalue weighted by Gasteiger charge is 2.26. The minimum Gasteiger partial charge on any atom is -0.330 e. The summed E-state index contributed by atoms with van der Waals surface area (Å²) in [4.78, 5) is 0. The van der Waals surface area contributed by atoms with Gasteiger partial charge in [0.25, 0.3) is 0 Å². The molecule has 0 aliphatic carbocycles. The van der Waals surface area contributed by atoms with Crippen LogP contribution in [0.4, 0.5) is 4.39 Å². The summed E-state index contributed by atoms with van der Waals surface area (Å²) < 4.78 is 13.5. The average Bonchev–Trinajstić information content (AvgIpc) is 2.39. The molecular weight excluding hydrogens is 249 g/mol. The molecule has 2 N–H and O–H groups in total. The zero-order valence-electron chi connectivity index (χ0n) is 11.3. The zero-order chi connectivity index (χ0) is 13.6. The van der Waals surface area contributed by atoms with E-state index in [0.717, 1.165) is 31.2 Å². The SMILES string of the molecule is CCCCC(CC)(CN)Cc1ccc(Cl)c(F)c1. The van der Waals surface area contributed by atoms with Crippen molar-refractivity contribution < 1.29 is 4.39 Å². The van der Waals surface area contributed by atoms with Crippen molar-refractivity contribution in [3.8, 4) is 0 Å². The first-order valence-electron chi connectivity index (χ1n) is 6.71. The fraction of sp³-hybridized carbons (Fsp3) is 0.600. The van der Waals surface area contributed by atoms with Gasteiger partial charge in [0.05, 0.1) is 5.02 Å². The van der Waals surface area contributed by atoms with E-state index in [1.807, 2.05) is 6.07 Å². The molecule has 1 aromatic carbocycles. The first-order valence-corrected chi connectivity index (χ1v) is 7.08. The monoisotopic (exact) mass is 271 g/mol. The highest BCUT2D eigenvalue weighted by Crippen LogP contribution is 2.32. The van der Waals surface area contributed by atoms with Crippen LogP contribution in [0.15, 0.2) is 18.2 Å². The molecule has 1 nitrogen and oxygen atoms in total. The highest BCUT2D eigenvalue weighted by atomic mass is 35.5. The average molecular weight is 272 g/mol. The van der Waals surface area contributed by atoms with Crippen molar-refractivity contribution in [2.75, 3.05) is 6.54 Å². The predicted octanol–water partition coefficient (Wildman–Crippen LogP) is 4.57. The second-order valence-electron chi connectivity index (χ2n) is 5.09. The molecule has 1 aromatic rings. The Hall–Kier alpha value is -0.600. The molecule has 0 heterocycles. The lowest BCUT2D eigenvalue weighted by Crippen LogP contribution is -2.32. The smallest absolute Gasteiger partial charge is 0.142 e. The van der Waals surface area contributed by atoms with Crippen molar-refractivity contribution in [3.63, 3.8) is 0 Å². The van der Waals surface area contributed by atoms with Gasteiger partial charge in [-0.05, 0) is 48.9 Å². The summed E-state index contributed by atoms with van der Waals surface area (Å²) in [6.45, 7) is 4.99. The van der Waals surface area contributed by atoms with Gasteiger partial charge >= 0.3 is 0 Å². The summed E-state index contributed by atoms with van der Waals surface area (Å²) in [5.41, 5.74) is 7.03. The number of hydrogen-bond acceptors (Lipinski definition) is 1. The molecule has 0 saturated carbocycles. The molecule has 0 aromatic heterocycles. The van der Waals surface area contributed by atoms with Gasteiger partial charge in [0.1, 0.15) is 5.82 Å². The van der Waals surface area contributed by atoms with E-state index in [1.165, 1.54) is 12.5 Å². The first-order chi connectivity index (χ1) is 8.56. The topological polar surface area (TPSA) is 26.0 Å². The second-order valence-corrected chi connectivity index (χ2v) is 5.49. The Labute approximate surface area is 115 Å². The summed E-state index contributed by atoms with van der Waals surface area (Å²) in [5, 5.41) is 0.183. The molecule has 1 unspecified atom stereocenters. The van der Waals surface area contributed by atoms with Crippen LogP contribution in [0.2, 0.25) is 5.02 Å². The van der Waals surface area contributed by atoms with E-state index in [2.05, 4.69) is 13.8 Å². The third kappa shape index (κ3) is 3.96. The summed E-state index contributed by atoms with van der Waals surface area (Å²) in [5.74, 6) is -0.341. The van der Waals surface area contributed by atoms with Gasteiger partial charge in [0.2, 0.25) is 0 Å². The number of benzene rings is 1. The van der Waals surface area contributed by atoms with Crippen LogP contribution in [0.5, 0.6) is 0 Å². The van der Waals surface area contributed by atoms with E-state index >= 15 is 0 Å². The normalized spacial score (nSPS) is 14.5. The third-order valence-electron chi connectivity index (χ3n) is 3.81. The molecule has 102 valence electrons. The van der Waals surface area contributed by atoms with E-state index in [1.54, 1.807) is 6.07 Å². The number of rotatable bonds is 7. The number of unbranched alkanes of at least 4 members (excludes halogenated alkanes) is 1. The second kappa shape index (κ2) is 7.10. The van der Waals surface area contributed by atoms with Crippen LogP contribution in [0, 0.1) is 11.2 Å². The predicted molar refractivity (Wildman–Crippen MR) is 76.4 cm³/mol. The van der Waals surface area contributed by atoms with Crippen LogP contribution >= 0.6 is 11.6 Å². The largest absolute Gasteiger partial charge is 0.330 e. The minimum atomic E-state index is -0.341. The van der Waals surface area contributed by atoms with Crippen LogP contribution in [0.1, 0.15) is 45.1 Å². The number of halogens is 2. The van der Waals surface area contributed by atoms with E-state index in [0.29, 0.717) is 6.54 Å². The van der Waals surface area contributed by atoms with Crippen molar-refractivity contribution >= 4 is 11.6 Å². The maximum atomic E-state index is 13.5. The Morgan fingerprint density at radius 1 is 1.33 bits per heavy atom. The van der Waals surface area contributed by atoms with Gasteiger partial charge in [-0.3, -0.25) is 0 Å². The van der Waals surface area contributed by atoms with Gasteiger partial charge in [-0.25, -0.2) is 4.39 Å². The fourth-order valence-corrected chi connectivity index (χ4v) is 2.46. The lowest BCUT2D eigenvalue weighted by Gasteiger charge is -2.31. The lowest BCUT2D eigenvalue weighted by atomic mass is 9.75. The summed E-state index contributed by atoms with van der Waals surface area (Å²) in [6.07, 6.45) is 5.28. The lowest BCUT2D eigenvalue weighted by molar-refractivity contribution is 0.251. The van der Waals surface area contributed by atoms with Gasteiger partial charge in [-0.2, -0.15) is 0 Å². The quantitative estimate of drug-likeness (QED) is 0.773. The van der Waals surface area contributed by atoms with Crippen molar-refractivity contribution in [2.45, 2.75) is 46.0 Å². The summed E-state index contributed by atoms with van der Waals surface area (Å²) in [7, 11) is 0. The van der Waals surface area contributed by atoms with Crippen molar-refractivity contribution in [3.05, 3.63) is 34.6 Å². The van der Waals surface area contributed by atoms with E-state index in [9.17, 15) is 4.39 Å². The Kier molecular flexibility index (Phi) is 6.10. The van der Waals surface area contributed by atoms with Crippen LogP contribution in [-0.2, 0) is 6.42 Å². The summed E-state index contributed by atoms with van der Waals surface area (Å²) >= 11 is 5.70. The zero-order valence-corrected chi connectivity index (χ0v) is 12.1. The van der Waals surface area contributed by atoms with Crippen LogP contribution < -0.4 is 5.73 Å². The van der Waals surface area contributed by atoms with Gasteiger partial charge in [-0.15, -0.1) is 0 Å². The van der Waals surface area contributed by atoms with Crippen molar-refractivity contribution in [1.82, 2.24) is 0 Å². The molecule has 0 aliphatic heterocycles. The standard InChI is InChI=1S/C15H23ClFN/c1-3-5-8-15(4-2,11-18)10-12-6-7-13(16)14(17)9-12/h6-7,9H,3-5,8,10-11,18H2,1-2H3. The molecule has 0 aliphatic rings. The number of nitrogens with two attached hydrogens (primary N) is 1. The Balaban J connectivity index is 2.84. The molecule has 0 amide bonds. The molecular formula is C15H23ClFN. The Morgan fingerprint density at radius 2 is 2.06 bits per heavy atom. The van der Waals surface area contributed by atoms with Gasteiger partial charge < -0.3 is 5.73 Å². The maximum absolute atomic E-state index is 13.5. The van der Waals surface area contributed by atoms with Crippen LogP contribution in [-0.4, -0.2) is 6.54 Å². The van der Waals surface area contributed by atoms with E-state index in [4.69, 9.17) is 17.3 Å². The molecule has 18 heavy (non-hydrogen) atoms. The highest BCUT2D eigenvalue weighted by molar-refractivity contribution is 6.30.